The minimum atomic E-state index is -0.166. The summed E-state index contributed by atoms with van der Waals surface area (Å²) in [5, 5.41) is 10.2. The Kier molecular flexibility index (Phi) is 4.69. The zero-order valence-electron chi connectivity index (χ0n) is 16.3. The van der Waals surface area contributed by atoms with E-state index in [1.165, 1.54) is 5.56 Å². The van der Waals surface area contributed by atoms with Gasteiger partial charge in [-0.1, -0.05) is 30.3 Å². The number of aryl methyl sites for hydroxylation is 1. The van der Waals surface area contributed by atoms with Crippen molar-refractivity contribution in [1.82, 2.24) is 20.4 Å². The zero-order chi connectivity index (χ0) is 19.8. The molecule has 0 bridgehead atoms. The van der Waals surface area contributed by atoms with Crippen LogP contribution in [-0.2, 0) is 4.74 Å². The second-order valence-corrected chi connectivity index (χ2v) is 7.82. The van der Waals surface area contributed by atoms with Crippen LogP contribution in [0.4, 0.5) is 0 Å². The van der Waals surface area contributed by atoms with E-state index in [1.54, 1.807) is 6.07 Å². The molecule has 0 aliphatic carbocycles. The first kappa shape index (κ1) is 18.1. The minimum Gasteiger partial charge on any atom is -0.460 e. The third kappa shape index (κ3) is 3.71. The molecule has 0 unspecified atom stereocenters. The lowest BCUT2D eigenvalue weighted by atomic mass is 10.1. The summed E-state index contributed by atoms with van der Waals surface area (Å²) >= 11 is 0. The standard InChI is InChI=1S/C22H24N4O3/c1-14-7-8-20(29-14)18-10-19(25-24-18)22(27)23-16-9-17-13-28-21(12-26(17)11-16)15-5-3-2-4-6-15/h2-8,10,16-17,21H,9,11-13H2,1H3,(H,23,27)(H,24,25)/t16-,17-,21+/m0/s1. The van der Waals surface area contributed by atoms with Crippen molar-refractivity contribution in [2.45, 2.75) is 31.5 Å². The Bertz CT molecular complexity index is 996. The van der Waals surface area contributed by atoms with Gasteiger partial charge < -0.3 is 14.5 Å². The van der Waals surface area contributed by atoms with E-state index in [1.807, 2.05) is 37.3 Å². The molecule has 0 spiro atoms. The van der Waals surface area contributed by atoms with Gasteiger partial charge in [0.2, 0.25) is 0 Å². The van der Waals surface area contributed by atoms with E-state index < -0.39 is 0 Å². The topological polar surface area (TPSA) is 83.4 Å². The molecule has 3 atom stereocenters. The second kappa shape index (κ2) is 7.50. The maximum absolute atomic E-state index is 12.7. The van der Waals surface area contributed by atoms with Crippen LogP contribution in [0.15, 0.2) is 52.9 Å². The van der Waals surface area contributed by atoms with Crippen molar-refractivity contribution < 1.29 is 13.9 Å². The van der Waals surface area contributed by atoms with Gasteiger partial charge in [-0.05, 0) is 31.0 Å². The number of hydrogen-bond acceptors (Lipinski definition) is 5. The van der Waals surface area contributed by atoms with Crippen molar-refractivity contribution in [3.8, 4) is 11.5 Å². The third-order valence-electron chi connectivity index (χ3n) is 5.74. The Labute approximate surface area is 169 Å². The molecule has 2 fully saturated rings. The van der Waals surface area contributed by atoms with Gasteiger partial charge in [-0.25, -0.2) is 0 Å². The van der Waals surface area contributed by atoms with E-state index in [4.69, 9.17) is 9.15 Å². The fraction of sp³-hybridized carbons (Fsp3) is 0.364. The molecule has 1 aromatic carbocycles. The molecule has 29 heavy (non-hydrogen) atoms. The summed E-state index contributed by atoms with van der Waals surface area (Å²) in [7, 11) is 0. The van der Waals surface area contributed by atoms with Crippen LogP contribution in [0.5, 0.6) is 0 Å². The SMILES string of the molecule is Cc1ccc(-c2cc(C(=O)N[C@H]3C[C@H]4CO[C@@H](c5ccccc5)CN4C3)n[nH]2)o1. The molecule has 2 aromatic heterocycles. The van der Waals surface area contributed by atoms with Gasteiger partial charge in [0.25, 0.3) is 5.91 Å². The van der Waals surface area contributed by atoms with Crippen LogP contribution in [0.2, 0.25) is 0 Å². The smallest absolute Gasteiger partial charge is 0.272 e. The zero-order valence-corrected chi connectivity index (χ0v) is 16.3. The van der Waals surface area contributed by atoms with E-state index in [-0.39, 0.29) is 18.1 Å². The van der Waals surface area contributed by atoms with Crippen LogP contribution >= 0.6 is 0 Å². The first-order valence-corrected chi connectivity index (χ1v) is 9.99. The summed E-state index contributed by atoms with van der Waals surface area (Å²) in [6.45, 7) is 4.26. The number of hydrogen-bond donors (Lipinski definition) is 2. The Balaban J connectivity index is 1.20. The Morgan fingerprint density at radius 3 is 2.86 bits per heavy atom. The summed E-state index contributed by atoms with van der Waals surface area (Å²) in [6, 6.07) is 16.2. The van der Waals surface area contributed by atoms with Gasteiger partial charge in [-0.3, -0.25) is 14.8 Å². The van der Waals surface area contributed by atoms with Gasteiger partial charge >= 0.3 is 0 Å². The normalized spacial score (nSPS) is 24.4. The summed E-state index contributed by atoms with van der Waals surface area (Å²) in [5.74, 6) is 1.33. The average Bonchev–Trinajstić information content (AvgIpc) is 3.46. The van der Waals surface area contributed by atoms with Crippen LogP contribution in [0.3, 0.4) is 0 Å². The molecule has 1 amide bonds. The number of fused-ring (bicyclic) bond motifs is 1. The van der Waals surface area contributed by atoms with Gasteiger partial charge in [0.15, 0.2) is 11.5 Å². The van der Waals surface area contributed by atoms with Crippen LogP contribution in [0.25, 0.3) is 11.5 Å². The number of furan rings is 1. The average molecular weight is 392 g/mol. The Hall–Kier alpha value is -2.90. The van der Waals surface area contributed by atoms with Crippen LogP contribution in [-0.4, -0.2) is 52.8 Å². The Morgan fingerprint density at radius 2 is 2.07 bits per heavy atom. The molecule has 0 saturated carbocycles. The Morgan fingerprint density at radius 1 is 1.21 bits per heavy atom. The molecule has 0 radical (unpaired) electrons. The minimum absolute atomic E-state index is 0.0903. The lowest BCUT2D eigenvalue weighted by Crippen LogP contribution is -2.43. The van der Waals surface area contributed by atoms with Crippen molar-refractivity contribution >= 4 is 5.91 Å². The van der Waals surface area contributed by atoms with Gasteiger partial charge in [-0.2, -0.15) is 5.10 Å². The monoisotopic (exact) mass is 392 g/mol. The molecule has 4 heterocycles. The van der Waals surface area contributed by atoms with Gasteiger partial charge in [0, 0.05) is 31.2 Å². The summed E-state index contributed by atoms with van der Waals surface area (Å²) in [4.78, 5) is 15.1. The molecule has 2 N–H and O–H groups in total. The van der Waals surface area contributed by atoms with E-state index in [9.17, 15) is 4.79 Å². The second-order valence-electron chi connectivity index (χ2n) is 7.82. The summed E-state index contributed by atoms with van der Waals surface area (Å²) in [5.41, 5.74) is 2.28. The lowest BCUT2D eigenvalue weighted by Gasteiger charge is -2.35. The molecule has 2 aliphatic rings. The van der Waals surface area contributed by atoms with Crippen molar-refractivity contribution in [3.05, 3.63) is 65.5 Å². The quantitative estimate of drug-likeness (QED) is 0.713. The van der Waals surface area contributed by atoms with E-state index in [0.29, 0.717) is 29.8 Å². The van der Waals surface area contributed by atoms with E-state index in [0.717, 1.165) is 25.3 Å². The third-order valence-corrected chi connectivity index (χ3v) is 5.74. The molecular weight excluding hydrogens is 368 g/mol. The molecule has 5 rings (SSSR count). The van der Waals surface area contributed by atoms with Gasteiger partial charge in [0.05, 0.1) is 12.7 Å². The number of carbonyl (C=O) groups excluding carboxylic acids is 1. The summed E-state index contributed by atoms with van der Waals surface area (Å²) < 4.78 is 11.7. The molecule has 3 aromatic rings. The first-order valence-electron chi connectivity index (χ1n) is 9.99. The van der Waals surface area contributed by atoms with Crippen molar-refractivity contribution in [2.75, 3.05) is 19.7 Å². The number of H-pyrrole nitrogens is 1. The molecule has 150 valence electrons. The molecule has 7 nitrogen and oxygen atoms in total. The maximum Gasteiger partial charge on any atom is 0.272 e. The number of nitrogens with one attached hydrogen (secondary N) is 2. The number of benzene rings is 1. The molecule has 2 aliphatic heterocycles. The summed E-state index contributed by atoms with van der Waals surface area (Å²) in [6.07, 6.45) is 0.981. The highest BCUT2D eigenvalue weighted by Gasteiger charge is 2.38. The highest BCUT2D eigenvalue weighted by Crippen LogP contribution is 2.30. The van der Waals surface area contributed by atoms with E-state index >= 15 is 0 Å². The van der Waals surface area contributed by atoms with Crippen LogP contribution in [0, 0.1) is 6.92 Å². The molecule has 2 saturated heterocycles. The number of amides is 1. The number of aromatic nitrogens is 2. The predicted molar refractivity (Wildman–Crippen MR) is 107 cm³/mol. The number of ether oxygens (including phenoxy) is 1. The van der Waals surface area contributed by atoms with Gasteiger partial charge in [0.1, 0.15) is 11.5 Å². The fourth-order valence-electron chi connectivity index (χ4n) is 4.25. The van der Waals surface area contributed by atoms with Crippen LogP contribution < -0.4 is 5.32 Å². The first-order chi connectivity index (χ1) is 14.2. The number of carbonyl (C=O) groups is 1. The van der Waals surface area contributed by atoms with Crippen molar-refractivity contribution in [3.63, 3.8) is 0 Å². The van der Waals surface area contributed by atoms with Gasteiger partial charge in [-0.15, -0.1) is 0 Å². The number of rotatable bonds is 4. The van der Waals surface area contributed by atoms with E-state index in [2.05, 4.69) is 32.5 Å². The van der Waals surface area contributed by atoms with Crippen LogP contribution in [0.1, 0.15) is 34.3 Å². The number of nitrogens with zero attached hydrogens (tertiary/aromatic N) is 2. The van der Waals surface area contributed by atoms with Crippen molar-refractivity contribution in [2.24, 2.45) is 0 Å². The molecular formula is C22H24N4O3. The highest BCUT2D eigenvalue weighted by atomic mass is 16.5. The number of morpholine rings is 1. The number of aromatic amines is 1. The lowest BCUT2D eigenvalue weighted by molar-refractivity contribution is -0.0502. The predicted octanol–water partition coefficient (Wildman–Crippen LogP) is 2.92. The largest absolute Gasteiger partial charge is 0.460 e. The maximum atomic E-state index is 12.7. The highest BCUT2D eigenvalue weighted by molar-refractivity contribution is 5.93. The molecule has 7 heteroatoms. The fourth-order valence-corrected chi connectivity index (χ4v) is 4.25. The van der Waals surface area contributed by atoms with Crippen molar-refractivity contribution in [1.29, 1.82) is 0 Å².